The van der Waals surface area contributed by atoms with Crippen molar-refractivity contribution in [2.24, 2.45) is 16.8 Å². The molecule has 19 heavy (non-hydrogen) atoms. The number of nitrogens with two attached hydrogens (primary N) is 1. The molecular weight excluding hydrogens is 246 g/mol. The van der Waals surface area contributed by atoms with Crippen LogP contribution in [0.15, 0.2) is 29.4 Å². The minimum atomic E-state index is -0.438. The molecule has 0 heterocycles. The van der Waals surface area contributed by atoms with Crippen molar-refractivity contribution in [1.82, 2.24) is 0 Å². The number of hydrogen-bond acceptors (Lipinski definition) is 4. The van der Waals surface area contributed by atoms with Crippen molar-refractivity contribution >= 4 is 11.5 Å². The quantitative estimate of drug-likeness (QED) is 0.355. The van der Waals surface area contributed by atoms with E-state index in [1.165, 1.54) is 12.1 Å². The zero-order chi connectivity index (χ0) is 14.3. The Bertz CT molecular complexity index is 441. The van der Waals surface area contributed by atoms with E-state index >= 15 is 0 Å². The summed E-state index contributed by atoms with van der Waals surface area (Å²) in [6.45, 7) is 4.48. The van der Waals surface area contributed by atoms with Crippen molar-refractivity contribution in [3.8, 4) is 0 Å². The molecule has 0 bridgehead atoms. The Kier molecular flexibility index (Phi) is 5.78. The van der Waals surface area contributed by atoms with Crippen molar-refractivity contribution < 1.29 is 9.76 Å². The Morgan fingerprint density at radius 2 is 2.05 bits per heavy atom. The SMILES string of the molecule is CC(C)CC/C(N)=N/OCc1ccc([N+](=O)[O-])cc1. The summed E-state index contributed by atoms with van der Waals surface area (Å²) < 4.78 is 0. The smallest absolute Gasteiger partial charge is 0.269 e. The summed E-state index contributed by atoms with van der Waals surface area (Å²) >= 11 is 0. The van der Waals surface area contributed by atoms with Crippen molar-refractivity contribution in [1.29, 1.82) is 0 Å². The average molecular weight is 265 g/mol. The predicted molar refractivity (Wildman–Crippen MR) is 73.6 cm³/mol. The van der Waals surface area contributed by atoms with Gasteiger partial charge in [-0.25, -0.2) is 0 Å². The average Bonchev–Trinajstić information content (AvgIpc) is 2.37. The molecule has 0 amide bonds. The molecule has 0 unspecified atom stereocenters. The molecule has 0 aliphatic carbocycles. The lowest BCUT2D eigenvalue weighted by Gasteiger charge is -2.04. The van der Waals surface area contributed by atoms with Gasteiger partial charge in [0, 0.05) is 18.6 Å². The van der Waals surface area contributed by atoms with Gasteiger partial charge in [0.25, 0.3) is 5.69 Å². The largest absolute Gasteiger partial charge is 0.390 e. The number of benzene rings is 1. The number of non-ortho nitro benzene ring substituents is 1. The second-order valence-corrected chi connectivity index (χ2v) is 4.71. The van der Waals surface area contributed by atoms with E-state index in [0.29, 0.717) is 18.2 Å². The molecule has 104 valence electrons. The van der Waals surface area contributed by atoms with Crippen LogP contribution in [0.25, 0.3) is 0 Å². The molecule has 0 radical (unpaired) electrons. The second kappa shape index (κ2) is 7.35. The molecule has 1 aromatic rings. The summed E-state index contributed by atoms with van der Waals surface area (Å²) in [5, 5.41) is 14.3. The first-order valence-electron chi connectivity index (χ1n) is 6.16. The molecule has 1 aromatic carbocycles. The van der Waals surface area contributed by atoms with Gasteiger partial charge in [-0.05, 0) is 30.0 Å². The lowest BCUT2D eigenvalue weighted by molar-refractivity contribution is -0.384. The van der Waals surface area contributed by atoms with E-state index in [4.69, 9.17) is 10.6 Å². The molecule has 0 spiro atoms. The number of nitro groups is 1. The minimum absolute atomic E-state index is 0.0590. The second-order valence-electron chi connectivity index (χ2n) is 4.71. The number of oxime groups is 1. The van der Waals surface area contributed by atoms with Crippen LogP contribution in [0.3, 0.4) is 0 Å². The third-order valence-electron chi connectivity index (χ3n) is 2.54. The van der Waals surface area contributed by atoms with Crippen LogP contribution in [0.5, 0.6) is 0 Å². The normalized spacial score (nSPS) is 11.6. The molecule has 0 aliphatic heterocycles. The summed E-state index contributed by atoms with van der Waals surface area (Å²) in [4.78, 5) is 15.1. The van der Waals surface area contributed by atoms with Gasteiger partial charge in [0.15, 0.2) is 0 Å². The topological polar surface area (TPSA) is 90.8 Å². The summed E-state index contributed by atoms with van der Waals surface area (Å²) in [5.41, 5.74) is 6.56. The third-order valence-corrected chi connectivity index (χ3v) is 2.54. The molecule has 0 atom stereocenters. The first-order valence-corrected chi connectivity index (χ1v) is 6.16. The van der Waals surface area contributed by atoms with E-state index in [0.717, 1.165) is 12.0 Å². The summed E-state index contributed by atoms with van der Waals surface area (Å²) in [5.74, 6) is 1.04. The third kappa shape index (κ3) is 5.85. The standard InChI is InChI=1S/C13H19N3O3/c1-10(2)3-8-13(14)15-19-9-11-4-6-12(7-5-11)16(17)18/h4-7,10H,3,8-9H2,1-2H3,(H2,14,15). The number of rotatable bonds is 7. The van der Waals surface area contributed by atoms with Crippen LogP contribution in [0, 0.1) is 16.0 Å². The molecular formula is C13H19N3O3. The molecule has 6 heteroatoms. The fraction of sp³-hybridized carbons (Fsp3) is 0.462. The van der Waals surface area contributed by atoms with Gasteiger partial charge >= 0.3 is 0 Å². The molecule has 2 N–H and O–H groups in total. The first-order chi connectivity index (χ1) is 8.99. The Morgan fingerprint density at radius 3 is 2.58 bits per heavy atom. The number of nitro benzene ring substituents is 1. The highest BCUT2D eigenvalue weighted by Crippen LogP contribution is 2.12. The van der Waals surface area contributed by atoms with Crippen LogP contribution in [0.1, 0.15) is 32.3 Å². The van der Waals surface area contributed by atoms with Gasteiger partial charge in [0.2, 0.25) is 0 Å². The van der Waals surface area contributed by atoms with Crippen LogP contribution in [0.4, 0.5) is 5.69 Å². The number of hydrogen-bond donors (Lipinski definition) is 1. The Balaban J connectivity index is 2.40. The van der Waals surface area contributed by atoms with Crippen LogP contribution < -0.4 is 5.73 Å². The zero-order valence-electron chi connectivity index (χ0n) is 11.2. The van der Waals surface area contributed by atoms with E-state index in [1.54, 1.807) is 12.1 Å². The Morgan fingerprint density at radius 1 is 1.42 bits per heavy atom. The molecule has 0 aliphatic rings. The fourth-order valence-electron chi connectivity index (χ4n) is 1.39. The van der Waals surface area contributed by atoms with Gasteiger partial charge in [-0.15, -0.1) is 0 Å². The van der Waals surface area contributed by atoms with Crippen LogP contribution >= 0.6 is 0 Å². The van der Waals surface area contributed by atoms with E-state index in [-0.39, 0.29) is 12.3 Å². The molecule has 0 aromatic heterocycles. The summed E-state index contributed by atoms with van der Waals surface area (Å²) in [6, 6.07) is 6.14. The molecule has 0 saturated heterocycles. The maximum atomic E-state index is 10.5. The fourth-order valence-corrected chi connectivity index (χ4v) is 1.39. The van der Waals surface area contributed by atoms with Crippen molar-refractivity contribution in [2.75, 3.05) is 0 Å². The van der Waals surface area contributed by atoms with Gasteiger partial charge in [-0.1, -0.05) is 19.0 Å². The summed E-state index contributed by atoms with van der Waals surface area (Å²) in [7, 11) is 0. The van der Waals surface area contributed by atoms with E-state index in [9.17, 15) is 10.1 Å². The van der Waals surface area contributed by atoms with E-state index in [2.05, 4.69) is 19.0 Å². The van der Waals surface area contributed by atoms with Gasteiger partial charge in [0.1, 0.15) is 12.4 Å². The van der Waals surface area contributed by atoms with E-state index < -0.39 is 4.92 Å². The Hall–Kier alpha value is -2.11. The number of nitrogens with zero attached hydrogens (tertiary/aromatic N) is 2. The molecule has 0 fully saturated rings. The monoisotopic (exact) mass is 265 g/mol. The van der Waals surface area contributed by atoms with Gasteiger partial charge < -0.3 is 10.6 Å². The van der Waals surface area contributed by atoms with Gasteiger partial charge in [-0.3, -0.25) is 10.1 Å². The van der Waals surface area contributed by atoms with Crippen LogP contribution in [0.2, 0.25) is 0 Å². The Labute approximate surface area is 112 Å². The highest BCUT2D eigenvalue weighted by molar-refractivity contribution is 5.79. The molecule has 6 nitrogen and oxygen atoms in total. The lowest BCUT2D eigenvalue weighted by Crippen LogP contribution is -2.13. The van der Waals surface area contributed by atoms with Gasteiger partial charge in [-0.2, -0.15) is 0 Å². The van der Waals surface area contributed by atoms with E-state index in [1.807, 2.05) is 0 Å². The predicted octanol–water partition coefficient (Wildman–Crippen LogP) is 2.82. The highest BCUT2D eigenvalue weighted by Gasteiger charge is 2.04. The maximum Gasteiger partial charge on any atom is 0.269 e. The van der Waals surface area contributed by atoms with Crippen molar-refractivity contribution in [2.45, 2.75) is 33.3 Å². The summed E-state index contributed by atoms with van der Waals surface area (Å²) in [6.07, 6.45) is 1.67. The number of amidine groups is 1. The van der Waals surface area contributed by atoms with Crippen molar-refractivity contribution in [3.63, 3.8) is 0 Å². The molecule has 1 rings (SSSR count). The van der Waals surface area contributed by atoms with Gasteiger partial charge in [0.05, 0.1) is 4.92 Å². The maximum absolute atomic E-state index is 10.5. The first kappa shape index (κ1) is 14.9. The zero-order valence-corrected chi connectivity index (χ0v) is 11.2. The minimum Gasteiger partial charge on any atom is -0.390 e. The van der Waals surface area contributed by atoms with Crippen molar-refractivity contribution in [3.05, 3.63) is 39.9 Å². The highest BCUT2D eigenvalue weighted by atomic mass is 16.6. The lowest BCUT2D eigenvalue weighted by atomic mass is 10.1. The van der Waals surface area contributed by atoms with Crippen LogP contribution in [-0.4, -0.2) is 10.8 Å². The van der Waals surface area contributed by atoms with Crippen LogP contribution in [-0.2, 0) is 11.4 Å². The molecule has 0 saturated carbocycles.